The number of hydrogen-bond acceptors (Lipinski definition) is 6. The molecular weight excluding hydrogens is 324 g/mol. The number of ether oxygens (including phenoxy) is 1. The van der Waals surface area contributed by atoms with E-state index < -0.39 is 0 Å². The molecule has 2 aromatic heterocycles. The molecule has 0 saturated heterocycles. The molecule has 9 heteroatoms. The Labute approximate surface area is 141 Å². The lowest BCUT2D eigenvalue weighted by Gasteiger charge is -2.08. The summed E-state index contributed by atoms with van der Waals surface area (Å²) in [6, 6.07) is 7.66. The Morgan fingerprint density at radius 2 is 2.08 bits per heavy atom. The molecule has 1 aromatic carbocycles. The molecule has 3 heterocycles. The summed E-state index contributed by atoms with van der Waals surface area (Å²) in [6.45, 7) is 0.710. The van der Waals surface area contributed by atoms with Crippen molar-refractivity contribution in [3.63, 3.8) is 0 Å². The van der Waals surface area contributed by atoms with Crippen molar-refractivity contribution in [2.24, 2.45) is 0 Å². The first-order valence-corrected chi connectivity index (χ1v) is 7.89. The van der Waals surface area contributed by atoms with Gasteiger partial charge < -0.3 is 10.1 Å². The highest BCUT2D eigenvalue weighted by atomic mass is 16.5. The molecule has 0 fully saturated rings. The van der Waals surface area contributed by atoms with Crippen LogP contribution in [0.3, 0.4) is 0 Å². The number of aromatic amines is 3. The molecule has 1 aliphatic heterocycles. The highest BCUT2D eigenvalue weighted by Crippen LogP contribution is 2.25. The molecule has 0 amide bonds. The standard InChI is InChI=1S/C16H16N6O3/c23-14-10-7-9-3-1-2-4-12(9)25-8-11(10)18-15(20-14)17-6-5-13-19-16(24)22-21-13/h1-4H,5-8H2,(H2,17,18,20,23)(H2,19,21,22,24). The van der Waals surface area contributed by atoms with E-state index >= 15 is 0 Å². The minimum Gasteiger partial charge on any atom is -0.487 e. The number of rotatable bonds is 4. The number of H-pyrrole nitrogens is 3. The molecule has 1 aliphatic rings. The average Bonchev–Trinajstić information content (AvgIpc) is 2.91. The Kier molecular flexibility index (Phi) is 3.81. The molecule has 128 valence electrons. The fourth-order valence-corrected chi connectivity index (χ4v) is 2.78. The van der Waals surface area contributed by atoms with Gasteiger partial charge in [-0.1, -0.05) is 18.2 Å². The summed E-state index contributed by atoms with van der Waals surface area (Å²) in [6.07, 6.45) is 0.976. The van der Waals surface area contributed by atoms with Crippen LogP contribution >= 0.6 is 0 Å². The van der Waals surface area contributed by atoms with Gasteiger partial charge in [-0.25, -0.2) is 14.9 Å². The van der Waals surface area contributed by atoms with Gasteiger partial charge in [0, 0.05) is 24.9 Å². The summed E-state index contributed by atoms with van der Waals surface area (Å²) in [5.74, 6) is 1.68. The smallest absolute Gasteiger partial charge is 0.340 e. The molecule has 0 unspecified atom stereocenters. The molecular formula is C16H16N6O3. The van der Waals surface area contributed by atoms with Crippen molar-refractivity contribution < 1.29 is 4.74 Å². The molecule has 25 heavy (non-hydrogen) atoms. The summed E-state index contributed by atoms with van der Waals surface area (Å²) in [5, 5.41) is 9.17. The Morgan fingerprint density at radius 1 is 1.20 bits per heavy atom. The molecule has 4 rings (SSSR count). The zero-order valence-electron chi connectivity index (χ0n) is 13.3. The number of nitrogens with zero attached hydrogens (tertiary/aromatic N) is 2. The van der Waals surface area contributed by atoms with Crippen molar-refractivity contribution in [1.82, 2.24) is 25.1 Å². The average molecular weight is 340 g/mol. The summed E-state index contributed by atoms with van der Waals surface area (Å²) >= 11 is 0. The number of hydrogen-bond donors (Lipinski definition) is 4. The number of para-hydroxylation sites is 1. The summed E-state index contributed by atoms with van der Waals surface area (Å²) < 4.78 is 5.76. The highest BCUT2D eigenvalue weighted by molar-refractivity contribution is 5.41. The van der Waals surface area contributed by atoms with Crippen molar-refractivity contribution >= 4 is 5.95 Å². The lowest BCUT2D eigenvalue weighted by Crippen LogP contribution is -2.21. The SMILES string of the molecule is O=c1[nH]nc(CCNc2nc3c(c(=O)[nH]2)Cc2ccccc2OC3)[nH]1. The quantitative estimate of drug-likeness (QED) is 0.541. The van der Waals surface area contributed by atoms with Gasteiger partial charge in [-0.05, 0) is 11.6 Å². The Bertz CT molecular complexity index is 1020. The maximum atomic E-state index is 12.4. The summed E-state index contributed by atoms with van der Waals surface area (Å²) in [4.78, 5) is 33.2. The van der Waals surface area contributed by atoms with E-state index in [1.165, 1.54) is 0 Å². The number of fused-ring (bicyclic) bond motifs is 2. The van der Waals surface area contributed by atoms with Crippen LogP contribution in [-0.2, 0) is 19.4 Å². The second-order valence-electron chi connectivity index (χ2n) is 5.71. The number of nitrogens with one attached hydrogen (secondary N) is 4. The number of aromatic nitrogens is 5. The third kappa shape index (κ3) is 3.16. The molecule has 9 nitrogen and oxygen atoms in total. The van der Waals surface area contributed by atoms with Gasteiger partial charge in [-0.15, -0.1) is 0 Å². The summed E-state index contributed by atoms with van der Waals surface area (Å²) in [5.41, 5.74) is 1.68. The second kappa shape index (κ2) is 6.27. The van der Waals surface area contributed by atoms with Gasteiger partial charge in [-0.2, -0.15) is 5.10 Å². The van der Waals surface area contributed by atoms with Gasteiger partial charge in [0.25, 0.3) is 5.56 Å². The lowest BCUT2D eigenvalue weighted by molar-refractivity contribution is 0.302. The van der Waals surface area contributed by atoms with Crippen LogP contribution in [0.15, 0.2) is 33.9 Å². The van der Waals surface area contributed by atoms with E-state index in [-0.39, 0.29) is 17.9 Å². The molecule has 0 bridgehead atoms. The third-order valence-electron chi connectivity index (χ3n) is 4.01. The molecule has 4 N–H and O–H groups in total. The van der Waals surface area contributed by atoms with Gasteiger partial charge in [0.1, 0.15) is 18.2 Å². The Hall–Kier alpha value is -3.36. The van der Waals surface area contributed by atoms with E-state index in [4.69, 9.17) is 4.74 Å². The first kappa shape index (κ1) is 15.2. The van der Waals surface area contributed by atoms with Crippen molar-refractivity contribution in [2.45, 2.75) is 19.4 Å². The van der Waals surface area contributed by atoms with Gasteiger partial charge in [-0.3, -0.25) is 14.8 Å². The maximum absolute atomic E-state index is 12.4. The van der Waals surface area contributed by atoms with Crippen LogP contribution in [0.25, 0.3) is 0 Å². The Morgan fingerprint density at radius 3 is 2.92 bits per heavy atom. The number of benzene rings is 1. The van der Waals surface area contributed by atoms with E-state index in [1.807, 2.05) is 24.3 Å². The van der Waals surface area contributed by atoms with Gasteiger partial charge in [0.05, 0.1) is 5.69 Å². The zero-order valence-corrected chi connectivity index (χ0v) is 13.3. The normalized spacial score (nSPS) is 12.6. The van der Waals surface area contributed by atoms with Gasteiger partial charge >= 0.3 is 5.69 Å². The van der Waals surface area contributed by atoms with Crippen LogP contribution < -0.4 is 21.3 Å². The minimum absolute atomic E-state index is 0.180. The van der Waals surface area contributed by atoms with Crippen LogP contribution in [0, 0.1) is 0 Å². The highest BCUT2D eigenvalue weighted by Gasteiger charge is 2.18. The monoisotopic (exact) mass is 340 g/mol. The zero-order chi connectivity index (χ0) is 17.2. The largest absolute Gasteiger partial charge is 0.487 e. The first-order valence-electron chi connectivity index (χ1n) is 7.89. The Balaban J connectivity index is 1.52. The molecule has 0 atom stereocenters. The van der Waals surface area contributed by atoms with E-state index in [1.54, 1.807) is 0 Å². The predicted octanol–water partition coefficient (Wildman–Crippen LogP) is 0.319. The van der Waals surface area contributed by atoms with E-state index in [2.05, 4.69) is 30.5 Å². The van der Waals surface area contributed by atoms with Crippen molar-refractivity contribution in [3.8, 4) is 5.75 Å². The van der Waals surface area contributed by atoms with Crippen molar-refractivity contribution in [3.05, 3.63) is 67.7 Å². The molecule has 0 spiro atoms. The first-order chi connectivity index (χ1) is 12.2. The maximum Gasteiger partial charge on any atom is 0.340 e. The predicted molar refractivity (Wildman–Crippen MR) is 89.8 cm³/mol. The van der Waals surface area contributed by atoms with Crippen molar-refractivity contribution in [2.75, 3.05) is 11.9 Å². The fraction of sp³-hybridized carbons (Fsp3) is 0.250. The van der Waals surface area contributed by atoms with Gasteiger partial charge in [0.2, 0.25) is 5.95 Å². The number of anilines is 1. The van der Waals surface area contributed by atoms with Crippen LogP contribution in [0.4, 0.5) is 5.95 Å². The third-order valence-corrected chi connectivity index (χ3v) is 4.01. The molecule has 0 radical (unpaired) electrons. The molecule has 3 aromatic rings. The van der Waals surface area contributed by atoms with E-state index in [9.17, 15) is 9.59 Å². The topological polar surface area (TPSA) is 129 Å². The van der Waals surface area contributed by atoms with Gasteiger partial charge in [0.15, 0.2) is 0 Å². The fourth-order valence-electron chi connectivity index (χ4n) is 2.78. The van der Waals surface area contributed by atoms with Crippen LogP contribution in [0.1, 0.15) is 22.6 Å². The van der Waals surface area contributed by atoms with Crippen molar-refractivity contribution in [1.29, 1.82) is 0 Å². The molecule has 0 saturated carbocycles. The van der Waals surface area contributed by atoms with Crippen LogP contribution in [0.2, 0.25) is 0 Å². The minimum atomic E-state index is -0.344. The van der Waals surface area contributed by atoms with Crippen LogP contribution in [-0.4, -0.2) is 31.7 Å². The van der Waals surface area contributed by atoms with Crippen LogP contribution in [0.5, 0.6) is 5.75 Å². The van der Waals surface area contributed by atoms with E-state index in [0.717, 1.165) is 11.3 Å². The van der Waals surface area contributed by atoms with E-state index in [0.29, 0.717) is 42.4 Å². The summed E-state index contributed by atoms with van der Waals surface area (Å²) in [7, 11) is 0. The second-order valence-corrected chi connectivity index (χ2v) is 5.71. The molecule has 0 aliphatic carbocycles. The lowest BCUT2D eigenvalue weighted by atomic mass is 10.1.